The maximum absolute atomic E-state index is 9.22. The summed E-state index contributed by atoms with van der Waals surface area (Å²) in [5.41, 5.74) is 0. The van der Waals surface area contributed by atoms with E-state index in [1.165, 1.54) is 0 Å². The molecule has 0 aromatic heterocycles. The van der Waals surface area contributed by atoms with Crippen LogP contribution in [0.3, 0.4) is 0 Å². The van der Waals surface area contributed by atoms with E-state index in [1.54, 1.807) is 6.07 Å². The molecule has 1 heterocycles. The van der Waals surface area contributed by atoms with E-state index in [1.807, 2.05) is 0 Å². The van der Waals surface area contributed by atoms with Gasteiger partial charge in [0.2, 0.25) is 0 Å². The first kappa shape index (κ1) is 10.4. The van der Waals surface area contributed by atoms with E-state index in [4.69, 9.17) is 15.1 Å². The molecule has 4 N–H and O–H groups in total. The standard InChI is InChI=1S/C7H11NO5/c8-1-3-5(10)7(12)6(11)4(2-9)13-3/h3-7,9-12H,2H2/t3-,4-,5-,6-,7-/m1/s1. The number of hydrogen-bond donors (Lipinski definition) is 4. The first-order chi connectivity index (χ1) is 6.11. The highest BCUT2D eigenvalue weighted by Crippen LogP contribution is 2.20. The first-order valence-electron chi connectivity index (χ1n) is 3.82. The number of aliphatic hydroxyl groups is 4. The molecule has 1 aliphatic heterocycles. The van der Waals surface area contributed by atoms with Gasteiger partial charge in [-0.05, 0) is 0 Å². The molecule has 0 bridgehead atoms. The Morgan fingerprint density at radius 3 is 2.23 bits per heavy atom. The van der Waals surface area contributed by atoms with Crippen molar-refractivity contribution in [2.45, 2.75) is 30.5 Å². The normalized spacial score (nSPS) is 45.6. The van der Waals surface area contributed by atoms with Crippen molar-refractivity contribution in [2.24, 2.45) is 0 Å². The summed E-state index contributed by atoms with van der Waals surface area (Å²) < 4.78 is 4.81. The maximum atomic E-state index is 9.22. The summed E-state index contributed by atoms with van der Waals surface area (Å²) in [7, 11) is 0. The Bertz CT molecular complexity index is 213. The van der Waals surface area contributed by atoms with Gasteiger partial charge in [-0.3, -0.25) is 0 Å². The number of rotatable bonds is 1. The zero-order valence-electron chi connectivity index (χ0n) is 6.74. The smallest absolute Gasteiger partial charge is 0.172 e. The molecular weight excluding hydrogens is 178 g/mol. The van der Waals surface area contributed by atoms with E-state index in [9.17, 15) is 15.3 Å². The lowest BCUT2D eigenvalue weighted by atomic mass is 9.96. The monoisotopic (exact) mass is 189 g/mol. The summed E-state index contributed by atoms with van der Waals surface area (Å²) in [6.45, 7) is -0.511. The molecule has 0 aliphatic carbocycles. The van der Waals surface area contributed by atoms with E-state index in [2.05, 4.69) is 0 Å². The molecule has 6 heteroatoms. The Morgan fingerprint density at radius 2 is 1.77 bits per heavy atom. The van der Waals surface area contributed by atoms with Crippen LogP contribution in [0, 0.1) is 11.3 Å². The third kappa shape index (κ3) is 1.80. The molecule has 5 atom stereocenters. The largest absolute Gasteiger partial charge is 0.394 e. The number of nitriles is 1. The lowest BCUT2D eigenvalue weighted by Gasteiger charge is -2.37. The second-order valence-electron chi connectivity index (χ2n) is 2.88. The minimum Gasteiger partial charge on any atom is -0.394 e. The van der Waals surface area contributed by atoms with Crippen LogP contribution in [0.15, 0.2) is 0 Å². The SMILES string of the molecule is N#C[C@H]1O[C@H](CO)[C@@H](O)[C@H](O)[C@@H]1O. The second kappa shape index (κ2) is 4.00. The lowest BCUT2D eigenvalue weighted by molar-refractivity contribution is -0.214. The Balaban J connectivity index is 2.73. The van der Waals surface area contributed by atoms with Crippen LogP contribution in [0.4, 0.5) is 0 Å². The summed E-state index contributed by atoms with van der Waals surface area (Å²) >= 11 is 0. The molecule has 0 aromatic rings. The van der Waals surface area contributed by atoms with Crippen molar-refractivity contribution in [3.63, 3.8) is 0 Å². The molecule has 0 spiro atoms. The van der Waals surface area contributed by atoms with Gasteiger partial charge in [-0.1, -0.05) is 0 Å². The molecule has 74 valence electrons. The fraction of sp³-hybridized carbons (Fsp3) is 0.857. The highest BCUT2D eigenvalue weighted by Gasteiger charge is 2.43. The van der Waals surface area contributed by atoms with E-state index < -0.39 is 37.1 Å². The van der Waals surface area contributed by atoms with Crippen molar-refractivity contribution >= 4 is 0 Å². The fourth-order valence-electron chi connectivity index (χ4n) is 1.21. The number of hydrogen-bond acceptors (Lipinski definition) is 6. The predicted molar refractivity (Wildman–Crippen MR) is 39.4 cm³/mol. The minimum atomic E-state index is -1.46. The van der Waals surface area contributed by atoms with Crippen LogP contribution >= 0.6 is 0 Å². The Labute approximate surface area is 74.6 Å². The highest BCUT2D eigenvalue weighted by molar-refractivity contribution is 5.01. The van der Waals surface area contributed by atoms with Crippen molar-refractivity contribution in [1.82, 2.24) is 0 Å². The second-order valence-corrected chi connectivity index (χ2v) is 2.88. The third-order valence-corrected chi connectivity index (χ3v) is 2.02. The molecule has 6 nitrogen and oxygen atoms in total. The van der Waals surface area contributed by atoms with Gasteiger partial charge in [-0.15, -0.1) is 0 Å². The van der Waals surface area contributed by atoms with Gasteiger partial charge in [0.25, 0.3) is 0 Å². The molecule has 1 rings (SSSR count). The lowest BCUT2D eigenvalue weighted by Crippen LogP contribution is -2.58. The molecule has 0 saturated carbocycles. The summed E-state index contributed by atoms with van der Waals surface area (Å²) in [5.74, 6) is 0. The van der Waals surface area contributed by atoms with Crippen LogP contribution in [0.25, 0.3) is 0 Å². The topological polar surface area (TPSA) is 114 Å². The van der Waals surface area contributed by atoms with Gasteiger partial charge >= 0.3 is 0 Å². The molecule has 0 aromatic carbocycles. The van der Waals surface area contributed by atoms with Crippen LogP contribution in [-0.4, -0.2) is 57.6 Å². The van der Waals surface area contributed by atoms with Gasteiger partial charge in [0.05, 0.1) is 12.7 Å². The molecule has 0 radical (unpaired) electrons. The van der Waals surface area contributed by atoms with Gasteiger partial charge in [0.1, 0.15) is 24.4 Å². The molecule has 13 heavy (non-hydrogen) atoms. The highest BCUT2D eigenvalue weighted by atomic mass is 16.5. The molecule has 0 amide bonds. The Kier molecular flexibility index (Phi) is 3.19. The zero-order valence-corrected chi connectivity index (χ0v) is 6.74. The van der Waals surface area contributed by atoms with Crippen molar-refractivity contribution in [1.29, 1.82) is 5.26 Å². The van der Waals surface area contributed by atoms with Gasteiger partial charge < -0.3 is 25.2 Å². The third-order valence-electron chi connectivity index (χ3n) is 2.02. The molecule has 1 saturated heterocycles. The molecular formula is C7H11NO5. The molecule has 0 unspecified atom stereocenters. The van der Waals surface area contributed by atoms with Crippen molar-refractivity contribution in [3.8, 4) is 6.07 Å². The van der Waals surface area contributed by atoms with E-state index >= 15 is 0 Å². The van der Waals surface area contributed by atoms with E-state index in [0.717, 1.165) is 0 Å². The number of nitrogens with zero attached hydrogens (tertiary/aromatic N) is 1. The summed E-state index contributed by atoms with van der Waals surface area (Å²) in [5, 5.41) is 44.8. The van der Waals surface area contributed by atoms with E-state index in [-0.39, 0.29) is 0 Å². The van der Waals surface area contributed by atoms with Crippen LogP contribution < -0.4 is 0 Å². The van der Waals surface area contributed by atoms with Crippen molar-refractivity contribution in [2.75, 3.05) is 6.61 Å². The van der Waals surface area contributed by atoms with Crippen LogP contribution in [0.2, 0.25) is 0 Å². The van der Waals surface area contributed by atoms with Crippen molar-refractivity contribution in [3.05, 3.63) is 0 Å². The van der Waals surface area contributed by atoms with Gasteiger partial charge in [0.15, 0.2) is 6.10 Å². The average molecular weight is 189 g/mol. The summed E-state index contributed by atoms with van der Waals surface area (Å²) in [6, 6.07) is 1.61. The summed E-state index contributed by atoms with van der Waals surface area (Å²) in [4.78, 5) is 0. The predicted octanol–water partition coefficient (Wildman–Crippen LogP) is -2.65. The first-order valence-corrected chi connectivity index (χ1v) is 3.82. The van der Waals surface area contributed by atoms with Crippen molar-refractivity contribution < 1.29 is 25.2 Å². The fourth-order valence-corrected chi connectivity index (χ4v) is 1.21. The number of aliphatic hydroxyl groups excluding tert-OH is 4. The molecule has 1 aliphatic rings. The average Bonchev–Trinajstić information content (AvgIpc) is 2.15. The van der Waals surface area contributed by atoms with Crippen LogP contribution in [0.1, 0.15) is 0 Å². The van der Waals surface area contributed by atoms with Crippen LogP contribution in [0.5, 0.6) is 0 Å². The quantitative estimate of drug-likeness (QED) is 0.358. The number of ether oxygens (including phenoxy) is 1. The molecule has 1 fully saturated rings. The minimum absolute atomic E-state index is 0.511. The summed E-state index contributed by atoms with van der Waals surface area (Å²) in [6.07, 6.45) is -6.51. The zero-order chi connectivity index (χ0) is 10.0. The maximum Gasteiger partial charge on any atom is 0.172 e. The Morgan fingerprint density at radius 1 is 1.15 bits per heavy atom. The Hall–Kier alpha value is -0.710. The van der Waals surface area contributed by atoms with Gasteiger partial charge in [-0.25, -0.2) is 0 Å². The van der Waals surface area contributed by atoms with Crippen LogP contribution in [-0.2, 0) is 4.74 Å². The van der Waals surface area contributed by atoms with E-state index in [0.29, 0.717) is 0 Å². The van der Waals surface area contributed by atoms with Gasteiger partial charge in [-0.2, -0.15) is 5.26 Å². The van der Waals surface area contributed by atoms with Gasteiger partial charge in [0, 0.05) is 0 Å².